The van der Waals surface area contributed by atoms with Gasteiger partial charge >= 0.3 is 12.1 Å². The van der Waals surface area contributed by atoms with Crippen LogP contribution < -0.4 is 9.64 Å². The molecule has 10 nitrogen and oxygen atoms in total. The quantitative estimate of drug-likeness (QED) is 0.382. The lowest BCUT2D eigenvalue weighted by Gasteiger charge is -2.46. The number of benzene rings is 2. The van der Waals surface area contributed by atoms with E-state index in [2.05, 4.69) is 20.1 Å². The zero-order chi connectivity index (χ0) is 26.7. The number of anilines is 1. The van der Waals surface area contributed by atoms with Gasteiger partial charge in [-0.25, -0.2) is 23.5 Å². The molecule has 0 bridgehead atoms. The van der Waals surface area contributed by atoms with Crippen LogP contribution in [0.25, 0.3) is 22.0 Å². The van der Waals surface area contributed by atoms with Crippen molar-refractivity contribution >= 4 is 34.4 Å². The number of fused-ring (bicyclic) bond motifs is 2. The second-order valence-electron chi connectivity index (χ2n) is 9.07. The Bertz CT molecular complexity index is 1580. The molecule has 196 valence electrons. The third-order valence-electron chi connectivity index (χ3n) is 6.86. The second kappa shape index (κ2) is 9.01. The molecule has 6 rings (SSSR count). The van der Waals surface area contributed by atoms with Crippen LogP contribution >= 0.6 is 11.6 Å². The van der Waals surface area contributed by atoms with Crippen molar-refractivity contribution in [3.8, 4) is 22.6 Å². The van der Waals surface area contributed by atoms with Crippen LogP contribution in [0.1, 0.15) is 13.3 Å². The molecule has 0 radical (unpaired) electrons. The van der Waals surface area contributed by atoms with E-state index in [4.69, 9.17) is 16.3 Å². The number of phenols is 1. The third kappa shape index (κ3) is 3.68. The van der Waals surface area contributed by atoms with Crippen LogP contribution in [0, 0.1) is 17.7 Å². The van der Waals surface area contributed by atoms with E-state index in [0.717, 1.165) is 17.1 Å². The van der Waals surface area contributed by atoms with Gasteiger partial charge in [-0.1, -0.05) is 17.7 Å². The van der Waals surface area contributed by atoms with Crippen molar-refractivity contribution in [1.29, 1.82) is 0 Å². The van der Waals surface area contributed by atoms with Crippen LogP contribution in [-0.4, -0.2) is 72.6 Å². The SMILES string of the molecule is C[C@@H]1CN2c3ncnc4c(F)c(-c5c(O)cccc5F)c(Cl)c(c34)OCC[C@H]2CN1C(=O)n1cnc(F)n1. The molecule has 2 aromatic carbocycles. The van der Waals surface area contributed by atoms with Gasteiger partial charge in [0, 0.05) is 31.1 Å². The van der Waals surface area contributed by atoms with E-state index in [1.165, 1.54) is 18.5 Å². The van der Waals surface area contributed by atoms with E-state index >= 15 is 4.39 Å². The lowest BCUT2D eigenvalue weighted by molar-refractivity contribution is 0.149. The zero-order valence-corrected chi connectivity index (χ0v) is 20.5. The summed E-state index contributed by atoms with van der Waals surface area (Å²) in [5.41, 5.74) is -0.922. The van der Waals surface area contributed by atoms with Crippen molar-refractivity contribution in [3.05, 3.63) is 53.6 Å². The molecule has 0 spiro atoms. The van der Waals surface area contributed by atoms with Crippen LogP contribution in [0.3, 0.4) is 0 Å². The summed E-state index contributed by atoms with van der Waals surface area (Å²) in [6, 6.07) is 2.41. The topological polar surface area (TPSA) is 110 Å². The fraction of sp³-hybridized carbons (Fsp3) is 0.292. The minimum atomic E-state index is -1.01. The van der Waals surface area contributed by atoms with Crippen LogP contribution in [-0.2, 0) is 0 Å². The first-order chi connectivity index (χ1) is 18.3. The minimum absolute atomic E-state index is 0.0685. The molecular weight excluding hydrogens is 527 g/mol. The van der Waals surface area contributed by atoms with Gasteiger partial charge in [-0.05, 0) is 19.1 Å². The van der Waals surface area contributed by atoms with Gasteiger partial charge < -0.3 is 19.6 Å². The highest BCUT2D eigenvalue weighted by Gasteiger charge is 2.39. The van der Waals surface area contributed by atoms with Crippen molar-refractivity contribution < 1.29 is 27.8 Å². The maximum Gasteiger partial charge on any atom is 0.346 e. The highest BCUT2D eigenvalue weighted by atomic mass is 35.5. The predicted molar refractivity (Wildman–Crippen MR) is 130 cm³/mol. The van der Waals surface area contributed by atoms with Gasteiger partial charge in [-0.15, -0.1) is 5.10 Å². The van der Waals surface area contributed by atoms with Crippen LogP contribution in [0.4, 0.5) is 23.8 Å². The van der Waals surface area contributed by atoms with E-state index in [0.29, 0.717) is 18.8 Å². The Morgan fingerprint density at radius 1 is 1.16 bits per heavy atom. The summed E-state index contributed by atoms with van der Waals surface area (Å²) in [5, 5.41) is 13.8. The number of amides is 1. The number of carbonyl (C=O) groups excluding carboxylic acids is 1. The Kier molecular flexibility index (Phi) is 5.74. The molecule has 2 aromatic heterocycles. The van der Waals surface area contributed by atoms with Gasteiger partial charge in [-0.2, -0.15) is 14.1 Å². The van der Waals surface area contributed by atoms with E-state index in [9.17, 15) is 18.7 Å². The van der Waals surface area contributed by atoms with Crippen molar-refractivity contribution in [2.45, 2.75) is 25.4 Å². The van der Waals surface area contributed by atoms with Gasteiger partial charge in [-0.3, -0.25) is 0 Å². The number of hydrogen-bond donors (Lipinski definition) is 1. The molecule has 2 aliphatic heterocycles. The molecule has 2 atom stereocenters. The van der Waals surface area contributed by atoms with Crippen LogP contribution in [0.15, 0.2) is 30.9 Å². The fourth-order valence-corrected chi connectivity index (χ4v) is 5.42. The van der Waals surface area contributed by atoms with Crippen molar-refractivity contribution in [1.82, 2.24) is 29.6 Å². The maximum atomic E-state index is 16.0. The van der Waals surface area contributed by atoms with Crippen LogP contribution in [0.5, 0.6) is 11.5 Å². The first-order valence-electron chi connectivity index (χ1n) is 11.7. The summed E-state index contributed by atoms with van der Waals surface area (Å²) >= 11 is 6.63. The number of rotatable bonds is 1. The Balaban J connectivity index is 1.47. The first kappa shape index (κ1) is 24.2. The number of hydrogen-bond acceptors (Lipinski definition) is 8. The molecule has 4 aromatic rings. The third-order valence-corrected chi connectivity index (χ3v) is 7.22. The average Bonchev–Trinajstić information content (AvgIpc) is 3.32. The summed E-state index contributed by atoms with van der Waals surface area (Å²) in [5.74, 6) is -1.88. The molecule has 1 N–H and O–H groups in total. The zero-order valence-electron chi connectivity index (χ0n) is 19.8. The number of halogens is 4. The molecule has 0 aliphatic carbocycles. The average molecular weight is 546 g/mol. The van der Waals surface area contributed by atoms with Gasteiger partial charge in [0.25, 0.3) is 0 Å². The molecule has 38 heavy (non-hydrogen) atoms. The molecule has 0 saturated carbocycles. The van der Waals surface area contributed by atoms with E-state index < -0.39 is 35.1 Å². The van der Waals surface area contributed by atoms with E-state index in [-0.39, 0.29) is 52.5 Å². The highest BCUT2D eigenvalue weighted by molar-refractivity contribution is 6.36. The molecule has 0 unspecified atom stereocenters. The molecule has 1 saturated heterocycles. The van der Waals surface area contributed by atoms with Crippen molar-refractivity contribution in [2.75, 3.05) is 24.6 Å². The predicted octanol–water partition coefficient (Wildman–Crippen LogP) is 3.99. The monoisotopic (exact) mass is 545 g/mol. The molecule has 1 amide bonds. The number of ether oxygens (including phenoxy) is 1. The number of aromatic nitrogens is 5. The van der Waals surface area contributed by atoms with Crippen molar-refractivity contribution in [3.63, 3.8) is 0 Å². The Hall–Kier alpha value is -4.13. The Morgan fingerprint density at radius 2 is 1.97 bits per heavy atom. The molecule has 4 heterocycles. The number of phenolic OH excluding ortho intramolecular Hbond substituents is 1. The second-order valence-corrected chi connectivity index (χ2v) is 9.45. The lowest BCUT2D eigenvalue weighted by atomic mass is 9.98. The summed E-state index contributed by atoms with van der Waals surface area (Å²) in [6.45, 7) is 2.46. The van der Waals surface area contributed by atoms with E-state index in [1.54, 1.807) is 4.90 Å². The van der Waals surface area contributed by atoms with Gasteiger partial charge in [0.05, 0.1) is 28.6 Å². The summed E-state index contributed by atoms with van der Waals surface area (Å²) < 4.78 is 50.8. The standard InChI is InChI=1S/C24H19ClF3N7O3/c1-11-7-34-12(8-33(11)24(37)35-10-31-23(28)32-35)5-6-38-21-17-20(29-9-30-22(17)34)19(27)16(18(21)25)15-13(26)3-2-4-14(15)36/h2-4,9-12,36H,5-8H2,1H3/t11-,12+/m1/s1. The summed E-state index contributed by atoms with van der Waals surface area (Å²) in [7, 11) is 0. The Labute approximate surface area is 218 Å². The summed E-state index contributed by atoms with van der Waals surface area (Å²) in [6.07, 6.45) is 1.60. The normalized spacial score (nSPS) is 19.1. The largest absolute Gasteiger partial charge is 0.507 e. The molecule has 1 fully saturated rings. The van der Waals surface area contributed by atoms with Crippen LogP contribution in [0.2, 0.25) is 5.02 Å². The fourth-order valence-electron chi connectivity index (χ4n) is 5.10. The van der Waals surface area contributed by atoms with Gasteiger partial charge in [0.2, 0.25) is 0 Å². The molecular formula is C24H19ClF3N7O3. The first-order valence-corrected chi connectivity index (χ1v) is 12.0. The Morgan fingerprint density at radius 3 is 2.71 bits per heavy atom. The lowest BCUT2D eigenvalue weighted by Crippen LogP contribution is -2.60. The number of nitrogens with zero attached hydrogens (tertiary/aromatic N) is 7. The van der Waals surface area contributed by atoms with Gasteiger partial charge in [0.15, 0.2) is 11.6 Å². The number of piperazine rings is 1. The maximum absolute atomic E-state index is 16.0. The number of carbonyl (C=O) groups is 1. The van der Waals surface area contributed by atoms with Crippen molar-refractivity contribution in [2.24, 2.45) is 0 Å². The summed E-state index contributed by atoms with van der Waals surface area (Å²) in [4.78, 5) is 28.4. The van der Waals surface area contributed by atoms with Gasteiger partial charge in [0.1, 0.15) is 35.6 Å². The van der Waals surface area contributed by atoms with E-state index in [1.807, 2.05) is 11.8 Å². The molecule has 2 aliphatic rings. The minimum Gasteiger partial charge on any atom is -0.507 e. The molecule has 14 heteroatoms. The smallest absolute Gasteiger partial charge is 0.346 e. The highest BCUT2D eigenvalue weighted by Crippen LogP contribution is 2.49. The number of aromatic hydroxyl groups is 1.